The molecule has 0 spiro atoms. The minimum Gasteiger partial charge on any atom is -0.495 e. The van der Waals surface area contributed by atoms with Crippen molar-refractivity contribution >= 4 is 11.9 Å². The van der Waals surface area contributed by atoms with Gasteiger partial charge in [-0.2, -0.15) is 0 Å². The van der Waals surface area contributed by atoms with Crippen LogP contribution in [0.3, 0.4) is 0 Å². The van der Waals surface area contributed by atoms with E-state index < -0.39 is 17.8 Å². The van der Waals surface area contributed by atoms with E-state index in [2.05, 4.69) is 19.7 Å². The average molecular weight is 485 g/mol. The lowest BCUT2D eigenvalue weighted by atomic mass is 10.0. The maximum absolute atomic E-state index is 15.0. The zero-order valence-corrected chi connectivity index (χ0v) is 20.1. The first-order valence-corrected chi connectivity index (χ1v) is 10.8. The molecule has 0 amide bonds. The molecule has 0 saturated carbocycles. The van der Waals surface area contributed by atoms with Crippen molar-refractivity contribution in [3.63, 3.8) is 0 Å². The molecule has 2 aromatic rings. The highest BCUT2D eigenvalue weighted by Crippen LogP contribution is 2.36. The molecule has 7 nitrogen and oxygen atoms in total. The van der Waals surface area contributed by atoms with Crippen LogP contribution < -0.4 is 14.2 Å². The highest BCUT2D eigenvalue weighted by molar-refractivity contribution is 5.89. The summed E-state index contributed by atoms with van der Waals surface area (Å²) in [5.74, 6) is -0.868. The molecule has 35 heavy (non-hydrogen) atoms. The van der Waals surface area contributed by atoms with Crippen molar-refractivity contribution in [3.05, 3.63) is 78.9 Å². The molecule has 2 aromatic carbocycles. The van der Waals surface area contributed by atoms with E-state index in [0.717, 1.165) is 0 Å². The predicted molar refractivity (Wildman–Crippen MR) is 130 cm³/mol. The molecule has 0 atom stereocenters. The summed E-state index contributed by atoms with van der Waals surface area (Å²) in [6, 6.07) is 9.44. The van der Waals surface area contributed by atoms with Crippen molar-refractivity contribution in [1.29, 1.82) is 0 Å². The molecule has 0 heterocycles. The molecule has 0 N–H and O–H groups in total. The van der Waals surface area contributed by atoms with Gasteiger partial charge in [0, 0.05) is 11.1 Å². The van der Waals surface area contributed by atoms with Crippen molar-refractivity contribution in [2.45, 2.75) is 20.8 Å². The van der Waals surface area contributed by atoms with E-state index >= 15 is 4.39 Å². The summed E-state index contributed by atoms with van der Waals surface area (Å²) >= 11 is 0. The van der Waals surface area contributed by atoms with E-state index in [1.54, 1.807) is 44.2 Å². The number of benzene rings is 2. The smallest absolute Gasteiger partial charge is 0.338 e. The molecule has 0 fully saturated rings. The minimum atomic E-state index is -0.649. The fraction of sp³-hybridized carbons (Fsp3) is 0.259. The summed E-state index contributed by atoms with van der Waals surface area (Å²) in [5.41, 5.74) is 1.68. The van der Waals surface area contributed by atoms with Gasteiger partial charge < -0.3 is 23.7 Å². The van der Waals surface area contributed by atoms with Crippen LogP contribution >= 0.6 is 0 Å². The highest BCUT2D eigenvalue weighted by atomic mass is 19.1. The lowest BCUT2D eigenvalue weighted by Crippen LogP contribution is -2.14. The third kappa shape index (κ3) is 8.66. The van der Waals surface area contributed by atoms with Gasteiger partial charge in [0.2, 0.25) is 0 Å². The average Bonchev–Trinajstić information content (AvgIpc) is 2.80. The molecule has 0 aliphatic heterocycles. The van der Waals surface area contributed by atoms with E-state index in [0.29, 0.717) is 22.6 Å². The zero-order chi connectivity index (χ0) is 26.0. The fourth-order valence-electron chi connectivity index (χ4n) is 2.66. The Labute approximate surface area is 204 Å². The van der Waals surface area contributed by atoms with Crippen molar-refractivity contribution in [2.24, 2.45) is 0 Å². The van der Waals surface area contributed by atoms with Gasteiger partial charge in [-0.3, -0.25) is 0 Å². The van der Waals surface area contributed by atoms with E-state index in [4.69, 9.17) is 23.7 Å². The van der Waals surface area contributed by atoms with Gasteiger partial charge in [-0.1, -0.05) is 31.9 Å². The molecule has 2 rings (SSSR count). The van der Waals surface area contributed by atoms with E-state index in [9.17, 15) is 9.59 Å². The summed E-state index contributed by atoms with van der Waals surface area (Å²) in [5, 5.41) is 0. The monoisotopic (exact) mass is 484 g/mol. The summed E-state index contributed by atoms with van der Waals surface area (Å²) < 4.78 is 41.7. The lowest BCUT2D eigenvalue weighted by Gasteiger charge is -2.16. The van der Waals surface area contributed by atoms with Crippen LogP contribution in [0, 0.1) is 5.82 Å². The van der Waals surface area contributed by atoms with Gasteiger partial charge >= 0.3 is 11.9 Å². The third-order valence-corrected chi connectivity index (χ3v) is 4.36. The van der Waals surface area contributed by atoms with Crippen LogP contribution in [0.2, 0.25) is 0 Å². The van der Waals surface area contributed by atoms with Crippen molar-refractivity contribution in [2.75, 3.05) is 26.4 Å². The quantitative estimate of drug-likeness (QED) is 0.124. The normalized spacial score (nSPS) is 10.2. The van der Waals surface area contributed by atoms with Gasteiger partial charge in [0.1, 0.15) is 32.2 Å². The Morgan fingerprint density at radius 3 is 1.97 bits per heavy atom. The van der Waals surface area contributed by atoms with Gasteiger partial charge in [-0.05, 0) is 56.2 Å². The van der Waals surface area contributed by atoms with Crippen LogP contribution in [0.5, 0.6) is 17.2 Å². The maximum atomic E-state index is 15.0. The van der Waals surface area contributed by atoms with Crippen LogP contribution in [0.1, 0.15) is 20.8 Å². The van der Waals surface area contributed by atoms with Crippen LogP contribution in [-0.4, -0.2) is 38.4 Å². The van der Waals surface area contributed by atoms with Gasteiger partial charge in [-0.25, -0.2) is 14.0 Å². The van der Waals surface area contributed by atoms with Gasteiger partial charge in [-0.15, -0.1) is 0 Å². The van der Waals surface area contributed by atoms with Crippen LogP contribution in [0.4, 0.5) is 4.39 Å². The third-order valence-electron chi connectivity index (χ3n) is 4.36. The number of hydrogen-bond acceptors (Lipinski definition) is 7. The van der Waals surface area contributed by atoms with E-state index in [1.807, 2.05) is 0 Å². The molecule has 0 aliphatic carbocycles. The van der Waals surface area contributed by atoms with Gasteiger partial charge in [0.15, 0.2) is 17.3 Å². The molecule has 0 aliphatic rings. The number of carbonyl (C=O) groups excluding carboxylic acids is 2. The fourth-order valence-corrected chi connectivity index (χ4v) is 2.66. The van der Waals surface area contributed by atoms with E-state index in [1.165, 1.54) is 13.0 Å². The SMILES string of the molecule is C=C(C)OCCOc1c(F)cc(-c2ccc(OC(=O)C(=C)C)cc2)cc1OCCOC(=O)C(=C)C. The van der Waals surface area contributed by atoms with Gasteiger partial charge in [0.05, 0.1) is 5.76 Å². The summed E-state index contributed by atoms with van der Waals surface area (Å²) in [4.78, 5) is 23.2. The molecule has 0 aromatic heterocycles. The molecule has 186 valence electrons. The molecular formula is C27H29FO7. The first-order chi connectivity index (χ1) is 16.6. The second-order valence-electron chi connectivity index (χ2n) is 7.64. The number of carbonyl (C=O) groups is 2. The second kappa shape index (κ2) is 13.0. The van der Waals surface area contributed by atoms with Gasteiger partial charge in [0.25, 0.3) is 0 Å². The van der Waals surface area contributed by atoms with Crippen molar-refractivity contribution in [1.82, 2.24) is 0 Å². The Morgan fingerprint density at radius 2 is 1.37 bits per heavy atom. The number of hydrogen-bond donors (Lipinski definition) is 0. The topological polar surface area (TPSA) is 80.3 Å². The summed E-state index contributed by atoms with van der Waals surface area (Å²) in [6.07, 6.45) is 0. The molecule has 0 bridgehead atoms. The molecule has 0 saturated heterocycles. The van der Waals surface area contributed by atoms with Crippen molar-refractivity contribution < 1.29 is 37.7 Å². The number of halogens is 1. The Hall–Kier alpha value is -4.07. The standard InChI is InChI=1S/C27H29FO7/c1-17(2)26(29)34-14-12-32-24-16-21(15-23(28)25(24)33-13-11-31-19(5)6)20-7-9-22(10-8-20)35-27(30)18(3)4/h7-10,15-16H,1,3,5,11-14H2,2,4,6H3. The lowest BCUT2D eigenvalue weighted by molar-refractivity contribution is -0.139. The zero-order valence-electron chi connectivity index (χ0n) is 20.1. The number of allylic oxidation sites excluding steroid dienone is 1. The Bertz CT molecular complexity index is 1100. The Balaban J connectivity index is 2.22. The first-order valence-electron chi connectivity index (χ1n) is 10.8. The maximum Gasteiger partial charge on any atom is 0.338 e. The highest BCUT2D eigenvalue weighted by Gasteiger charge is 2.16. The van der Waals surface area contributed by atoms with Crippen LogP contribution in [0.25, 0.3) is 11.1 Å². The minimum absolute atomic E-state index is 0.0314. The van der Waals surface area contributed by atoms with E-state index in [-0.39, 0.29) is 49.1 Å². The number of ether oxygens (including phenoxy) is 5. The molecular weight excluding hydrogens is 455 g/mol. The second-order valence-corrected chi connectivity index (χ2v) is 7.64. The van der Waals surface area contributed by atoms with Crippen LogP contribution in [-0.2, 0) is 19.1 Å². The first kappa shape index (κ1) is 27.2. The number of rotatable bonds is 13. The Kier molecular flexibility index (Phi) is 10.1. The number of esters is 2. The summed E-state index contributed by atoms with van der Waals surface area (Å²) in [7, 11) is 0. The predicted octanol–water partition coefficient (Wildman–Crippen LogP) is 5.40. The Morgan fingerprint density at radius 1 is 0.771 bits per heavy atom. The van der Waals surface area contributed by atoms with Crippen molar-refractivity contribution in [3.8, 4) is 28.4 Å². The largest absolute Gasteiger partial charge is 0.495 e. The molecule has 0 radical (unpaired) electrons. The summed E-state index contributed by atoms with van der Waals surface area (Å²) in [6.45, 7) is 15.6. The molecule has 8 heteroatoms. The van der Waals surface area contributed by atoms with Crippen LogP contribution in [0.15, 0.2) is 73.0 Å². The molecule has 0 unspecified atom stereocenters.